The quantitative estimate of drug-likeness (QED) is 0.142. The van der Waals surface area contributed by atoms with Gasteiger partial charge < -0.3 is 14.8 Å². The molecule has 1 aliphatic rings. The Balaban J connectivity index is 2.34. The Hall–Kier alpha value is 0.950. The standard InChI is InChI=1S/C15H15I4NO7S/c1-15(2-4-27-15)6-26-14(22)8-7(9(16)11(18)12(19)10(8)17)13(21)20-3-5-28(23,24)25/h2-6H2,1H3,(H,20,21)(H,23,24,25). The van der Waals surface area contributed by atoms with Crippen molar-refractivity contribution >= 4 is 112 Å². The maximum Gasteiger partial charge on any atom is 0.340 e. The normalized spacial score (nSPS) is 19.1. The van der Waals surface area contributed by atoms with Gasteiger partial charge in [0.25, 0.3) is 16.0 Å². The number of halogens is 4. The van der Waals surface area contributed by atoms with Gasteiger partial charge in [0.2, 0.25) is 0 Å². The van der Waals surface area contributed by atoms with Gasteiger partial charge in [0.05, 0.1) is 23.5 Å². The van der Waals surface area contributed by atoms with E-state index in [2.05, 4.69) is 50.5 Å². The fourth-order valence-electron chi connectivity index (χ4n) is 2.27. The maximum absolute atomic E-state index is 12.8. The molecule has 0 aliphatic carbocycles. The molecule has 13 heteroatoms. The third-order valence-electron chi connectivity index (χ3n) is 3.93. The first kappa shape index (κ1) is 25.2. The molecule has 0 spiro atoms. The first-order valence-corrected chi connectivity index (χ1v) is 13.7. The van der Waals surface area contributed by atoms with Crippen LogP contribution in [-0.2, 0) is 19.6 Å². The van der Waals surface area contributed by atoms with E-state index in [4.69, 9.17) is 14.0 Å². The summed E-state index contributed by atoms with van der Waals surface area (Å²) in [4.78, 5) is 25.5. The molecule has 8 nitrogen and oxygen atoms in total. The second-order valence-electron chi connectivity index (χ2n) is 6.17. The third-order valence-corrected chi connectivity index (χ3v) is 12.1. The minimum absolute atomic E-state index is 0.0743. The summed E-state index contributed by atoms with van der Waals surface area (Å²) in [5.74, 6) is -1.88. The van der Waals surface area contributed by atoms with E-state index >= 15 is 0 Å². The van der Waals surface area contributed by atoms with Crippen LogP contribution in [0.2, 0.25) is 0 Å². The number of amides is 1. The molecule has 1 amide bonds. The Morgan fingerprint density at radius 2 is 1.68 bits per heavy atom. The van der Waals surface area contributed by atoms with E-state index in [1.807, 2.05) is 52.1 Å². The Morgan fingerprint density at radius 3 is 2.14 bits per heavy atom. The number of carbonyl (C=O) groups is 2. The van der Waals surface area contributed by atoms with Crippen LogP contribution in [0.1, 0.15) is 34.1 Å². The second-order valence-corrected chi connectivity index (χ2v) is 12.1. The van der Waals surface area contributed by atoms with Crippen molar-refractivity contribution in [2.45, 2.75) is 18.9 Å². The molecule has 2 N–H and O–H groups in total. The molecule has 0 saturated carbocycles. The van der Waals surface area contributed by atoms with Gasteiger partial charge in [-0.15, -0.1) is 0 Å². The number of esters is 1. The minimum atomic E-state index is -4.21. The number of carbonyl (C=O) groups excluding carboxylic acids is 2. The lowest BCUT2D eigenvalue weighted by Crippen LogP contribution is -2.45. The third kappa shape index (κ3) is 6.24. The summed E-state index contributed by atoms with van der Waals surface area (Å²) >= 11 is 8.15. The molecule has 0 bridgehead atoms. The van der Waals surface area contributed by atoms with E-state index in [1.54, 1.807) is 0 Å². The fraction of sp³-hybridized carbons (Fsp3) is 0.467. The molecule has 1 aromatic rings. The lowest BCUT2D eigenvalue weighted by Gasteiger charge is -2.37. The van der Waals surface area contributed by atoms with Crippen molar-refractivity contribution in [3.8, 4) is 0 Å². The Bertz CT molecular complexity index is 916. The highest BCUT2D eigenvalue weighted by Gasteiger charge is 2.36. The zero-order valence-corrected chi connectivity index (χ0v) is 23.8. The number of nitrogens with one attached hydrogen (secondary N) is 1. The lowest BCUT2D eigenvalue weighted by atomic mass is 9.99. The molecule has 1 aliphatic heterocycles. The van der Waals surface area contributed by atoms with Gasteiger partial charge in [0, 0.05) is 27.2 Å². The van der Waals surface area contributed by atoms with Crippen LogP contribution in [0.3, 0.4) is 0 Å². The molecule has 1 fully saturated rings. The predicted octanol–water partition coefficient (Wildman–Crippen LogP) is 3.06. The molecular formula is C15H15I4NO7S. The number of rotatable bonds is 7. The van der Waals surface area contributed by atoms with Gasteiger partial charge >= 0.3 is 5.97 Å². The van der Waals surface area contributed by atoms with Gasteiger partial charge in [-0.2, -0.15) is 8.42 Å². The molecule has 156 valence electrons. The molecule has 1 atom stereocenters. The predicted molar refractivity (Wildman–Crippen MR) is 135 cm³/mol. The topological polar surface area (TPSA) is 119 Å². The highest BCUT2D eigenvalue weighted by molar-refractivity contribution is 14.1. The number of hydrogen-bond acceptors (Lipinski definition) is 6. The van der Waals surface area contributed by atoms with Crippen molar-refractivity contribution in [3.63, 3.8) is 0 Å². The molecule has 1 unspecified atom stereocenters. The average molecular weight is 861 g/mol. The van der Waals surface area contributed by atoms with Crippen molar-refractivity contribution in [3.05, 3.63) is 25.4 Å². The summed E-state index contributed by atoms with van der Waals surface area (Å²) in [6, 6.07) is 0. The van der Waals surface area contributed by atoms with E-state index < -0.39 is 33.3 Å². The number of ether oxygens (including phenoxy) is 2. The molecule has 0 aromatic heterocycles. The summed E-state index contributed by atoms with van der Waals surface area (Å²) in [5, 5.41) is 2.44. The summed E-state index contributed by atoms with van der Waals surface area (Å²) in [7, 11) is -4.21. The van der Waals surface area contributed by atoms with Gasteiger partial charge in [-0.25, -0.2) is 4.79 Å². The van der Waals surface area contributed by atoms with Crippen molar-refractivity contribution in [1.29, 1.82) is 0 Å². The first-order valence-electron chi connectivity index (χ1n) is 7.77. The highest BCUT2D eigenvalue weighted by Crippen LogP contribution is 2.34. The second kappa shape index (κ2) is 10.0. The molecule has 2 rings (SSSR count). The van der Waals surface area contributed by atoms with Crippen molar-refractivity contribution < 1.29 is 32.0 Å². The molecule has 1 aromatic carbocycles. The van der Waals surface area contributed by atoms with Crippen LogP contribution < -0.4 is 5.32 Å². The van der Waals surface area contributed by atoms with E-state index in [-0.39, 0.29) is 24.3 Å². The van der Waals surface area contributed by atoms with Crippen LogP contribution in [0.15, 0.2) is 0 Å². The smallest absolute Gasteiger partial charge is 0.340 e. The van der Waals surface area contributed by atoms with Gasteiger partial charge in [0.15, 0.2) is 0 Å². The monoisotopic (exact) mass is 861 g/mol. The Labute approximate surface area is 216 Å². The summed E-state index contributed by atoms with van der Waals surface area (Å²) in [6.07, 6.45) is 0.780. The number of benzene rings is 1. The van der Waals surface area contributed by atoms with Crippen LogP contribution in [0, 0.1) is 14.3 Å². The van der Waals surface area contributed by atoms with Crippen LogP contribution in [0.25, 0.3) is 0 Å². The molecule has 1 saturated heterocycles. The van der Waals surface area contributed by atoms with Crippen LogP contribution in [0.5, 0.6) is 0 Å². The van der Waals surface area contributed by atoms with Crippen molar-refractivity contribution in [2.24, 2.45) is 0 Å². The lowest BCUT2D eigenvalue weighted by molar-refractivity contribution is -0.158. The van der Waals surface area contributed by atoms with Gasteiger partial charge in [-0.3, -0.25) is 9.35 Å². The van der Waals surface area contributed by atoms with Crippen LogP contribution in [0.4, 0.5) is 0 Å². The zero-order chi connectivity index (χ0) is 21.3. The fourth-order valence-corrected chi connectivity index (χ4v) is 6.29. The van der Waals surface area contributed by atoms with E-state index in [1.165, 1.54) is 0 Å². The van der Waals surface area contributed by atoms with E-state index in [9.17, 15) is 18.0 Å². The number of hydrogen-bond donors (Lipinski definition) is 2. The van der Waals surface area contributed by atoms with Gasteiger partial charge in [-0.1, -0.05) is 0 Å². The minimum Gasteiger partial charge on any atom is -0.459 e. The Kier molecular flexibility index (Phi) is 9.05. The van der Waals surface area contributed by atoms with E-state index in [0.29, 0.717) is 13.7 Å². The summed E-state index contributed by atoms with van der Waals surface area (Å²) in [6.45, 7) is 2.25. The molecular weight excluding hydrogens is 846 g/mol. The SMILES string of the molecule is CC1(COC(=O)c2c(I)c(I)c(I)c(I)c2C(=O)NCCS(=O)(=O)O)CCO1. The van der Waals surface area contributed by atoms with E-state index in [0.717, 1.165) is 13.6 Å². The molecule has 28 heavy (non-hydrogen) atoms. The average Bonchev–Trinajstić information content (AvgIpc) is 2.57. The summed E-state index contributed by atoms with van der Waals surface area (Å²) < 4.78 is 44.2. The van der Waals surface area contributed by atoms with Crippen molar-refractivity contribution in [2.75, 3.05) is 25.5 Å². The van der Waals surface area contributed by atoms with Gasteiger partial charge in [0.1, 0.15) is 12.2 Å². The first-order chi connectivity index (χ1) is 12.9. The van der Waals surface area contributed by atoms with Crippen molar-refractivity contribution in [1.82, 2.24) is 5.32 Å². The van der Waals surface area contributed by atoms with Gasteiger partial charge in [-0.05, 0) is 97.3 Å². The zero-order valence-electron chi connectivity index (χ0n) is 14.4. The molecule has 0 radical (unpaired) electrons. The molecule has 1 heterocycles. The van der Waals surface area contributed by atoms with Crippen LogP contribution >= 0.6 is 90.4 Å². The Morgan fingerprint density at radius 1 is 1.14 bits per heavy atom. The summed E-state index contributed by atoms with van der Waals surface area (Å²) in [5.41, 5.74) is -0.264. The largest absolute Gasteiger partial charge is 0.459 e. The highest BCUT2D eigenvalue weighted by atomic mass is 127. The van der Waals surface area contributed by atoms with Crippen LogP contribution in [-0.4, -0.2) is 56.0 Å². The maximum atomic E-state index is 12.8.